The van der Waals surface area contributed by atoms with Crippen molar-refractivity contribution in [3.63, 3.8) is 0 Å². The largest absolute Gasteiger partial charge is 0.364 e. The van der Waals surface area contributed by atoms with Crippen LogP contribution in [0.15, 0.2) is 0 Å². The molecule has 15 heavy (non-hydrogen) atoms. The fourth-order valence-corrected chi connectivity index (χ4v) is 2.13. The molecule has 2 fully saturated rings. The first-order valence-corrected chi connectivity index (χ1v) is 5.93. The topological polar surface area (TPSA) is 64.4 Å². The molecule has 3 N–H and O–H groups in total. The number of rotatable bonds is 4. The summed E-state index contributed by atoms with van der Waals surface area (Å²) in [7, 11) is 0. The Morgan fingerprint density at radius 3 is 2.67 bits per heavy atom. The fourth-order valence-electron chi connectivity index (χ4n) is 2.13. The van der Waals surface area contributed by atoms with Gasteiger partial charge in [-0.1, -0.05) is 6.42 Å². The van der Waals surface area contributed by atoms with Crippen molar-refractivity contribution >= 4 is 5.91 Å². The molecule has 0 aromatic heterocycles. The van der Waals surface area contributed by atoms with Crippen LogP contribution in [0.4, 0.5) is 0 Å². The van der Waals surface area contributed by atoms with Gasteiger partial charge in [-0.3, -0.25) is 4.79 Å². The predicted molar refractivity (Wildman–Crippen MR) is 57.3 cm³/mol. The van der Waals surface area contributed by atoms with Gasteiger partial charge in [-0.15, -0.1) is 0 Å². The molecule has 4 heteroatoms. The maximum Gasteiger partial charge on any atom is 0.249 e. The summed E-state index contributed by atoms with van der Waals surface area (Å²) in [4.78, 5) is 11.7. The molecule has 0 bridgehead atoms. The Morgan fingerprint density at radius 2 is 2.13 bits per heavy atom. The standard InChI is InChI=1S/C11H20N2O2/c12-6-9-4-5-10(15-9)11(14)13-7-8-2-1-3-8/h8-10H,1-7,12H2,(H,13,14)/t9-,10+/m1/s1. The Morgan fingerprint density at radius 1 is 1.33 bits per heavy atom. The van der Waals surface area contributed by atoms with E-state index in [9.17, 15) is 4.79 Å². The molecule has 1 saturated heterocycles. The first kappa shape index (κ1) is 10.9. The van der Waals surface area contributed by atoms with Crippen molar-refractivity contribution in [1.29, 1.82) is 0 Å². The van der Waals surface area contributed by atoms with E-state index in [1.54, 1.807) is 0 Å². The highest BCUT2D eigenvalue weighted by molar-refractivity contribution is 5.81. The number of hydrogen-bond acceptors (Lipinski definition) is 3. The fraction of sp³-hybridized carbons (Fsp3) is 0.909. The third kappa shape index (κ3) is 2.69. The van der Waals surface area contributed by atoms with Crippen LogP contribution >= 0.6 is 0 Å². The molecule has 2 atom stereocenters. The lowest BCUT2D eigenvalue weighted by molar-refractivity contribution is -0.132. The van der Waals surface area contributed by atoms with Crippen LogP contribution in [-0.4, -0.2) is 31.2 Å². The highest BCUT2D eigenvalue weighted by Gasteiger charge is 2.30. The Balaban J connectivity index is 1.66. The molecule has 4 nitrogen and oxygen atoms in total. The quantitative estimate of drug-likeness (QED) is 0.709. The van der Waals surface area contributed by atoms with Gasteiger partial charge in [0.2, 0.25) is 5.91 Å². The van der Waals surface area contributed by atoms with E-state index >= 15 is 0 Å². The lowest BCUT2D eigenvalue weighted by Gasteiger charge is -2.26. The van der Waals surface area contributed by atoms with E-state index in [1.807, 2.05) is 0 Å². The Labute approximate surface area is 90.5 Å². The monoisotopic (exact) mass is 212 g/mol. The molecule has 0 radical (unpaired) electrons. The second kappa shape index (κ2) is 4.94. The van der Waals surface area contributed by atoms with Crippen LogP contribution in [0.2, 0.25) is 0 Å². The molecule has 1 saturated carbocycles. The van der Waals surface area contributed by atoms with Crippen molar-refractivity contribution in [3.8, 4) is 0 Å². The van der Waals surface area contributed by atoms with E-state index in [-0.39, 0.29) is 18.1 Å². The van der Waals surface area contributed by atoms with Gasteiger partial charge in [0.25, 0.3) is 0 Å². The van der Waals surface area contributed by atoms with E-state index in [2.05, 4.69) is 5.32 Å². The van der Waals surface area contributed by atoms with E-state index in [0.717, 1.165) is 19.4 Å². The molecule has 0 unspecified atom stereocenters. The summed E-state index contributed by atoms with van der Waals surface area (Å²) in [5.74, 6) is 0.763. The third-order valence-corrected chi connectivity index (χ3v) is 3.45. The Bertz CT molecular complexity index is 229. The molecular weight excluding hydrogens is 192 g/mol. The van der Waals surface area contributed by atoms with Gasteiger partial charge in [0, 0.05) is 13.1 Å². The minimum absolute atomic E-state index is 0.0536. The molecule has 0 aromatic carbocycles. The number of carbonyl (C=O) groups excluding carboxylic acids is 1. The molecule has 86 valence electrons. The van der Waals surface area contributed by atoms with Crippen LogP contribution in [0.5, 0.6) is 0 Å². The van der Waals surface area contributed by atoms with Gasteiger partial charge in [0.15, 0.2) is 0 Å². The highest BCUT2D eigenvalue weighted by atomic mass is 16.5. The van der Waals surface area contributed by atoms with Crippen LogP contribution in [0.25, 0.3) is 0 Å². The van der Waals surface area contributed by atoms with E-state index in [1.165, 1.54) is 19.3 Å². The normalized spacial score (nSPS) is 31.3. The smallest absolute Gasteiger partial charge is 0.249 e. The van der Waals surface area contributed by atoms with Crippen LogP contribution in [-0.2, 0) is 9.53 Å². The Hall–Kier alpha value is -0.610. The van der Waals surface area contributed by atoms with Crippen molar-refractivity contribution < 1.29 is 9.53 Å². The molecule has 0 aromatic rings. The number of nitrogens with two attached hydrogens (primary N) is 1. The first-order valence-electron chi connectivity index (χ1n) is 5.93. The second-order valence-electron chi connectivity index (χ2n) is 4.60. The van der Waals surface area contributed by atoms with Crippen molar-refractivity contribution in [2.45, 2.75) is 44.3 Å². The molecule has 2 rings (SSSR count). The highest BCUT2D eigenvalue weighted by Crippen LogP contribution is 2.25. The molecule has 2 aliphatic rings. The SMILES string of the molecule is NC[C@H]1CC[C@@H](C(=O)NCC2CCC2)O1. The Kier molecular flexibility index (Phi) is 3.59. The van der Waals surface area contributed by atoms with Crippen LogP contribution in [0.3, 0.4) is 0 Å². The van der Waals surface area contributed by atoms with Gasteiger partial charge < -0.3 is 15.8 Å². The summed E-state index contributed by atoms with van der Waals surface area (Å²) >= 11 is 0. The summed E-state index contributed by atoms with van der Waals surface area (Å²) in [6, 6.07) is 0. The van der Waals surface area contributed by atoms with Crippen LogP contribution in [0, 0.1) is 5.92 Å². The zero-order chi connectivity index (χ0) is 10.7. The predicted octanol–water partition coefficient (Wildman–Crippen LogP) is 0.409. The molecule has 0 spiro atoms. The molecular formula is C11H20N2O2. The number of ether oxygens (including phenoxy) is 1. The lowest BCUT2D eigenvalue weighted by atomic mass is 9.85. The van der Waals surface area contributed by atoms with Gasteiger partial charge in [-0.2, -0.15) is 0 Å². The van der Waals surface area contributed by atoms with Gasteiger partial charge in [0.05, 0.1) is 6.10 Å². The van der Waals surface area contributed by atoms with Crippen LogP contribution < -0.4 is 11.1 Å². The molecule has 1 aliphatic carbocycles. The van der Waals surface area contributed by atoms with Crippen molar-refractivity contribution in [1.82, 2.24) is 5.32 Å². The van der Waals surface area contributed by atoms with E-state index in [4.69, 9.17) is 10.5 Å². The van der Waals surface area contributed by atoms with Gasteiger partial charge in [0.1, 0.15) is 6.10 Å². The zero-order valence-electron chi connectivity index (χ0n) is 9.08. The summed E-state index contributed by atoms with van der Waals surface area (Å²) in [6.07, 6.45) is 5.41. The van der Waals surface area contributed by atoms with E-state index in [0.29, 0.717) is 12.5 Å². The summed E-state index contributed by atoms with van der Waals surface area (Å²) < 4.78 is 5.52. The number of carbonyl (C=O) groups is 1. The summed E-state index contributed by atoms with van der Waals surface area (Å²) in [5.41, 5.74) is 5.49. The average Bonchev–Trinajstić information content (AvgIpc) is 2.63. The van der Waals surface area contributed by atoms with Crippen molar-refractivity contribution in [2.75, 3.05) is 13.1 Å². The van der Waals surface area contributed by atoms with Crippen LogP contribution in [0.1, 0.15) is 32.1 Å². The van der Waals surface area contributed by atoms with Crippen molar-refractivity contribution in [3.05, 3.63) is 0 Å². The molecule has 1 heterocycles. The minimum atomic E-state index is -0.251. The maximum atomic E-state index is 11.7. The van der Waals surface area contributed by atoms with Gasteiger partial charge in [-0.25, -0.2) is 0 Å². The lowest BCUT2D eigenvalue weighted by Crippen LogP contribution is -2.39. The first-order chi connectivity index (χ1) is 7.29. The summed E-state index contributed by atoms with van der Waals surface area (Å²) in [6.45, 7) is 1.35. The maximum absolute atomic E-state index is 11.7. The summed E-state index contributed by atoms with van der Waals surface area (Å²) in [5, 5.41) is 2.97. The number of nitrogens with one attached hydrogen (secondary N) is 1. The van der Waals surface area contributed by atoms with E-state index < -0.39 is 0 Å². The zero-order valence-corrected chi connectivity index (χ0v) is 9.08. The molecule has 1 aliphatic heterocycles. The second-order valence-corrected chi connectivity index (χ2v) is 4.60. The van der Waals surface area contributed by atoms with Gasteiger partial charge >= 0.3 is 0 Å². The van der Waals surface area contributed by atoms with Gasteiger partial charge in [-0.05, 0) is 31.6 Å². The number of amides is 1. The molecule has 1 amide bonds. The van der Waals surface area contributed by atoms with Crippen molar-refractivity contribution in [2.24, 2.45) is 11.7 Å². The average molecular weight is 212 g/mol. The minimum Gasteiger partial charge on any atom is -0.364 e. The third-order valence-electron chi connectivity index (χ3n) is 3.45. The number of hydrogen-bond donors (Lipinski definition) is 2.